The molecular formula is C12H23NO2. The summed E-state index contributed by atoms with van der Waals surface area (Å²) in [5, 5.41) is 3.48. The lowest BCUT2D eigenvalue weighted by atomic mass is 9.69. The van der Waals surface area contributed by atoms with Crippen molar-refractivity contribution in [2.75, 3.05) is 27.4 Å². The van der Waals surface area contributed by atoms with Crippen LogP contribution in [-0.4, -0.2) is 39.0 Å². The van der Waals surface area contributed by atoms with Crippen LogP contribution in [0.1, 0.15) is 32.1 Å². The Morgan fingerprint density at radius 1 is 1.33 bits per heavy atom. The Hall–Kier alpha value is -0.120. The highest BCUT2D eigenvalue weighted by Gasteiger charge is 2.47. The number of ether oxygens (including phenoxy) is 2. The van der Waals surface area contributed by atoms with Crippen molar-refractivity contribution in [2.24, 2.45) is 5.92 Å². The number of hydrogen-bond acceptors (Lipinski definition) is 3. The summed E-state index contributed by atoms with van der Waals surface area (Å²) < 4.78 is 11.2. The lowest BCUT2D eigenvalue weighted by Crippen LogP contribution is -2.59. The Balaban J connectivity index is 2.01. The van der Waals surface area contributed by atoms with Crippen LogP contribution in [0.25, 0.3) is 0 Å². The quantitative estimate of drug-likeness (QED) is 0.769. The Labute approximate surface area is 92.5 Å². The minimum Gasteiger partial charge on any atom is -0.381 e. The number of methoxy groups -OCH3 is 1. The molecule has 1 atom stereocenters. The van der Waals surface area contributed by atoms with Gasteiger partial charge in [-0.2, -0.15) is 0 Å². The van der Waals surface area contributed by atoms with E-state index in [2.05, 4.69) is 12.4 Å². The summed E-state index contributed by atoms with van der Waals surface area (Å²) in [5.41, 5.74) is 0.122. The molecule has 2 rings (SSSR count). The first-order chi connectivity index (χ1) is 7.32. The van der Waals surface area contributed by atoms with E-state index < -0.39 is 0 Å². The first kappa shape index (κ1) is 11.4. The summed E-state index contributed by atoms with van der Waals surface area (Å²) in [5.74, 6) is 0.726. The van der Waals surface area contributed by atoms with Crippen molar-refractivity contribution in [3.05, 3.63) is 0 Å². The van der Waals surface area contributed by atoms with Crippen molar-refractivity contribution in [3.8, 4) is 0 Å². The third-order valence-electron chi connectivity index (χ3n) is 4.22. The number of hydrogen-bond donors (Lipinski definition) is 1. The van der Waals surface area contributed by atoms with Crippen LogP contribution in [0.3, 0.4) is 0 Å². The van der Waals surface area contributed by atoms with E-state index in [4.69, 9.17) is 9.47 Å². The van der Waals surface area contributed by atoms with Crippen molar-refractivity contribution in [1.82, 2.24) is 5.32 Å². The minimum atomic E-state index is 0.122. The van der Waals surface area contributed by atoms with Crippen molar-refractivity contribution >= 4 is 0 Å². The summed E-state index contributed by atoms with van der Waals surface area (Å²) in [6.07, 6.45) is 6.10. The molecule has 2 fully saturated rings. The predicted molar refractivity (Wildman–Crippen MR) is 60.0 cm³/mol. The molecule has 1 unspecified atom stereocenters. The molecule has 88 valence electrons. The van der Waals surface area contributed by atoms with Crippen molar-refractivity contribution in [3.63, 3.8) is 0 Å². The standard InChI is InChI=1S/C12H23NO2/c1-13-11(10-4-8-15-9-5-10)12(14-2)6-3-7-12/h10-11,13H,3-9H2,1-2H3. The smallest absolute Gasteiger partial charge is 0.0833 e. The highest BCUT2D eigenvalue weighted by molar-refractivity contribution is 5.02. The van der Waals surface area contributed by atoms with Crippen LogP contribution in [0.15, 0.2) is 0 Å². The summed E-state index contributed by atoms with van der Waals surface area (Å²) in [6, 6.07) is 0.514. The molecule has 0 aromatic carbocycles. The Morgan fingerprint density at radius 3 is 2.40 bits per heavy atom. The zero-order chi connectivity index (χ0) is 10.7. The van der Waals surface area contributed by atoms with E-state index in [9.17, 15) is 0 Å². The monoisotopic (exact) mass is 213 g/mol. The minimum absolute atomic E-state index is 0.122. The van der Waals surface area contributed by atoms with Crippen molar-refractivity contribution in [2.45, 2.75) is 43.7 Å². The van der Waals surface area contributed by atoms with Crippen LogP contribution in [0.4, 0.5) is 0 Å². The van der Waals surface area contributed by atoms with Crippen LogP contribution in [0.2, 0.25) is 0 Å². The fraction of sp³-hybridized carbons (Fsp3) is 1.00. The molecule has 15 heavy (non-hydrogen) atoms. The second kappa shape index (κ2) is 4.81. The number of likely N-dealkylation sites (N-methyl/N-ethyl adjacent to an activating group) is 1. The average molecular weight is 213 g/mol. The molecule has 2 aliphatic rings. The molecule has 0 radical (unpaired) electrons. The average Bonchev–Trinajstić information content (AvgIpc) is 2.24. The molecule has 1 aliphatic heterocycles. The lowest BCUT2D eigenvalue weighted by Gasteiger charge is -2.50. The summed E-state index contributed by atoms with van der Waals surface area (Å²) in [4.78, 5) is 0. The molecule has 0 amide bonds. The van der Waals surface area contributed by atoms with Crippen LogP contribution in [0.5, 0.6) is 0 Å². The molecule has 1 saturated heterocycles. The molecule has 1 saturated carbocycles. The topological polar surface area (TPSA) is 30.5 Å². The van der Waals surface area contributed by atoms with Gasteiger partial charge in [-0.15, -0.1) is 0 Å². The summed E-state index contributed by atoms with van der Waals surface area (Å²) >= 11 is 0. The third-order valence-corrected chi connectivity index (χ3v) is 4.22. The van der Waals surface area contributed by atoms with Gasteiger partial charge in [0.2, 0.25) is 0 Å². The molecule has 3 heteroatoms. The Kier molecular flexibility index (Phi) is 3.65. The summed E-state index contributed by atoms with van der Waals surface area (Å²) in [6.45, 7) is 1.84. The third kappa shape index (κ3) is 2.05. The van der Waals surface area contributed by atoms with Crippen molar-refractivity contribution < 1.29 is 9.47 Å². The van der Waals surface area contributed by atoms with E-state index in [-0.39, 0.29) is 5.60 Å². The maximum Gasteiger partial charge on any atom is 0.0833 e. The van der Waals surface area contributed by atoms with E-state index >= 15 is 0 Å². The van der Waals surface area contributed by atoms with Gasteiger partial charge in [0, 0.05) is 26.4 Å². The van der Waals surface area contributed by atoms with Gasteiger partial charge in [-0.3, -0.25) is 0 Å². The largest absolute Gasteiger partial charge is 0.381 e. The SMILES string of the molecule is CNC(C1CCOCC1)C1(OC)CCC1. The van der Waals surface area contributed by atoms with Crippen molar-refractivity contribution in [1.29, 1.82) is 0 Å². The molecule has 1 heterocycles. The van der Waals surface area contributed by atoms with Gasteiger partial charge in [-0.1, -0.05) is 0 Å². The maximum absolute atomic E-state index is 5.78. The molecule has 0 bridgehead atoms. The van der Waals surface area contributed by atoms with E-state index in [1.54, 1.807) is 0 Å². The highest BCUT2D eigenvalue weighted by atomic mass is 16.5. The van der Waals surface area contributed by atoms with Crippen LogP contribution >= 0.6 is 0 Å². The highest BCUT2D eigenvalue weighted by Crippen LogP contribution is 2.42. The number of nitrogens with one attached hydrogen (secondary N) is 1. The van der Waals surface area contributed by atoms with Gasteiger partial charge in [0.25, 0.3) is 0 Å². The van der Waals surface area contributed by atoms with Crippen LogP contribution in [-0.2, 0) is 9.47 Å². The molecule has 0 spiro atoms. The zero-order valence-corrected chi connectivity index (χ0v) is 9.92. The first-order valence-corrected chi connectivity index (χ1v) is 6.12. The van der Waals surface area contributed by atoms with E-state index in [1.165, 1.54) is 32.1 Å². The van der Waals surface area contributed by atoms with Gasteiger partial charge in [-0.05, 0) is 45.1 Å². The Bertz CT molecular complexity index is 192. The second-order valence-electron chi connectivity index (χ2n) is 4.84. The number of rotatable bonds is 4. The summed E-state index contributed by atoms with van der Waals surface area (Å²) in [7, 11) is 3.93. The normalized spacial score (nSPS) is 28.4. The van der Waals surface area contributed by atoms with Gasteiger partial charge >= 0.3 is 0 Å². The van der Waals surface area contributed by atoms with Gasteiger partial charge < -0.3 is 14.8 Å². The fourth-order valence-electron chi connectivity index (χ4n) is 3.14. The zero-order valence-electron chi connectivity index (χ0n) is 9.92. The van der Waals surface area contributed by atoms with E-state index in [1.807, 2.05) is 7.11 Å². The van der Waals surface area contributed by atoms with Gasteiger partial charge in [0.05, 0.1) is 5.60 Å². The molecule has 0 aromatic rings. The molecule has 1 aliphatic carbocycles. The van der Waals surface area contributed by atoms with Crippen LogP contribution in [0, 0.1) is 5.92 Å². The molecule has 0 aromatic heterocycles. The van der Waals surface area contributed by atoms with Gasteiger partial charge in [0.15, 0.2) is 0 Å². The maximum atomic E-state index is 5.78. The van der Waals surface area contributed by atoms with E-state index in [0.29, 0.717) is 6.04 Å². The predicted octanol–water partition coefficient (Wildman–Crippen LogP) is 1.57. The Morgan fingerprint density at radius 2 is 2.00 bits per heavy atom. The first-order valence-electron chi connectivity index (χ1n) is 6.12. The fourth-order valence-corrected chi connectivity index (χ4v) is 3.14. The molecule has 3 nitrogen and oxygen atoms in total. The van der Waals surface area contributed by atoms with Crippen LogP contribution < -0.4 is 5.32 Å². The van der Waals surface area contributed by atoms with Gasteiger partial charge in [0.1, 0.15) is 0 Å². The van der Waals surface area contributed by atoms with E-state index in [0.717, 1.165) is 19.1 Å². The second-order valence-corrected chi connectivity index (χ2v) is 4.84. The molecular weight excluding hydrogens is 190 g/mol. The lowest BCUT2D eigenvalue weighted by molar-refractivity contribution is -0.119. The molecule has 1 N–H and O–H groups in total. The van der Waals surface area contributed by atoms with Gasteiger partial charge in [-0.25, -0.2) is 0 Å².